The van der Waals surface area contributed by atoms with Gasteiger partial charge in [0.1, 0.15) is 17.3 Å². The zero-order valence-corrected chi connectivity index (χ0v) is 37.7. The van der Waals surface area contributed by atoms with Gasteiger partial charge in [0.05, 0.1) is 17.1 Å². The lowest BCUT2D eigenvalue weighted by atomic mass is 9.73. The average molecular weight is 847 g/mol. The molecule has 0 spiro atoms. The minimum absolute atomic E-state index is 0.247. The summed E-state index contributed by atoms with van der Waals surface area (Å²) in [6, 6.07) is 78.5. The first kappa shape index (κ1) is 42.4. The molecule has 0 bridgehead atoms. The molecule has 0 fully saturated rings. The van der Waals surface area contributed by atoms with E-state index in [2.05, 4.69) is 220 Å². The molecule has 1 heterocycles. The van der Waals surface area contributed by atoms with Crippen LogP contribution in [0.1, 0.15) is 49.9 Å². The van der Waals surface area contributed by atoms with Crippen LogP contribution in [0.4, 0.5) is 39.9 Å². The summed E-state index contributed by atoms with van der Waals surface area (Å²) in [5.74, 6) is 2.26. The second-order valence-electron chi connectivity index (χ2n) is 17.5. The van der Waals surface area contributed by atoms with Gasteiger partial charge in [-0.15, -0.1) is 0 Å². The second kappa shape index (κ2) is 18.4. The van der Waals surface area contributed by atoms with E-state index >= 15 is 0 Å². The van der Waals surface area contributed by atoms with Crippen molar-refractivity contribution >= 4 is 39.9 Å². The van der Waals surface area contributed by atoms with Gasteiger partial charge in [-0.2, -0.15) is 0 Å². The highest BCUT2D eigenvalue weighted by Crippen LogP contribution is 2.43. The lowest BCUT2D eigenvalue weighted by Gasteiger charge is -2.32. The van der Waals surface area contributed by atoms with Crippen LogP contribution in [-0.2, 0) is 10.8 Å². The summed E-state index contributed by atoms with van der Waals surface area (Å²) < 4.78 is 6.83. The van der Waals surface area contributed by atoms with Crippen LogP contribution in [0.2, 0.25) is 0 Å². The Hall–Kier alpha value is -7.89. The molecule has 0 saturated heterocycles. The number of pyridine rings is 1. The molecule has 0 unspecified atom stereocenters. The number of hydrogen-bond acceptors (Lipinski definition) is 5. The van der Waals surface area contributed by atoms with Crippen molar-refractivity contribution in [3.63, 3.8) is 0 Å². The third kappa shape index (κ3) is 9.27. The van der Waals surface area contributed by atoms with E-state index in [-0.39, 0.29) is 10.8 Å². The SMILES string of the molecule is CN(c1cc(Oc2cccc(N(c3ccccc3)c3ccccn3)c2)cc(-c2ccccc2)c1)c1ccccc1Nc1cc(C(C)(C)c2ccccc2)cc(C(C)(C)c2ccccc2)c1. The van der Waals surface area contributed by atoms with Gasteiger partial charge in [-0.3, -0.25) is 4.90 Å². The number of nitrogens with zero attached hydrogens (tertiary/aromatic N) is 3. The van der Waals surface area contributed by atoms with Gasteiger partial charge in [-0.1, -0.05) is 167 Å². The number of hydrogen-bond donors (Lipinski definition) is 1. The Labute approximate surface area is 384 Å². The maximum Gasteiger partial charge on any atom is 0.137 e. The minimum atomic E-state index is -0.247. The van der Waals surface area contributed by atoms with Crippen molar-refractivity contribution in [3.8, 4) is 22.6 Å². The Kier molecular flexibility index (Phi) is 12.0. The normalized spacial score (nSPS) is 11.5. The molecule has 5 nitrogen and oxygen atoms in total. The van der Waals surface area contributed by atoms with E-state index in [4.69, 9.17) is 9.72 Å². The van der Waals surface area contributed by atoms with Crippen LogP contribution in [-0.4, -0.2) is 12.0 Å². The van der Waals surface area contributed by atoms with Gasteiger partial charge >= 0.3 is 0 Å². The van der Waals surface area contributed by atoms with E-state index in [1.165, 1.54) is 22.3 Å². The summed E-state index contributed by atoms with van der Waals surface area (Å²) in [7, 11) is 2.12. The molecule has 320 valence electrons. The Morgan fingerprint density at radius 1 is 0.431 bits per heavy atom. The molecule has 0 amide bonds. The van der Waals surface area contributed by atoms with Gasteiger partial charge in [-0.25, -0.2) is 4.98 Å². The van der Waals surface area contributed by atoms with Crippen molar-refractivity contribution in [3.05, 3.63) is 253 Å². The number of ether oxygens (including phenoxy) is 1. The molecule has 0 radical (unpaired) electrons. The summed E-state index contributed by atoms with van der Waals surface area (Å²) in [4.78, 5) is 9.09. The molecule has 1 N–H and O–H groups in total. The second-order valence-corrected chi connectivity index (χ2v) is 17.5. The van der Waals surface area contributed by atoms with E-state index in [1.807, 2.05) is 60.8 Å². The molecule has 5 heteroatoms. The van der Waals surface area contributed by atoms with Crippen LogP contribution < -0.4 is 19.9 Å². The van der Waals surface area contributed by atoms with Crippen LogP contribution in [0.25, 0.3) is 11.1 Å². The molecule has 0 aliphatic carbocycles. The van der Waals surface area contributed by atoms with Crippen LogP contribution in [0, 0.1) is 0 Å². The summed E-state index contributed by atoms with van der Waals surface area (Å²) in [6.07, 6.45) is 1.82. The monoisotopic (exact) mass is 846 g/mol. The Bertz CT molecular complexity index is 2880. The predicted octanol–water partition coefficient (Wildman–Crippen LogP) is 16.2. The Balaban J connectivity index is 1.09. The van der Waals surface area contributed by atoms with Crippen LogP contribution >= 0.6 is 0 Å². The quantitative estimate of drug-likeness (QED) is 0.118. The molecule has 0 saturated carbocycles. The summed E-state index contributed by atoms with van der Waals surface area (Å²) in [5.41, 5.74) is 12.7. The van der Waals surface area contributed by atoms with Crippen molar-refractivity contribution in [2.75, 3.05) is 22.2 Å². The zero-order valence-electron chi connectivity index (χ0n) is 37.7. The van der Waals surface area contributed by atoms with Crippen molar-refractivity contribution in [2.45, 2.75) is 38.5 Å². The number of aromatic nitrogens is 1. The van der Waals surface area contributed by atoms with Crippen molar-refractivity contribution < 1.29 is 4.74 Å². The van der Waals surface area contributed by atoms with E-state index in [0.717, 1.165) is 56.8 Å². The molecule has 0 aliphatic heterocycles. The standard InChI is InChI=1S/C60H54N4O/c1-59(2,46-25-12-7-13-26-46)48-39-49(60(3,4)47-27-14-8-15-28-47)41-50(40-48)62-56-33-18-19-34-57(56)63(5)53-37-45(44-23-10-6-11-24-44)38-55(43-53)65-54-32-22-31-52(42-54)64(51-29-16-9-17-30-51)58-35-20-21-36-61-58/h6-43,62H,1-5H3. The lowest BCUT2D eigenvalue weighted by molar-refractivity contribution is 0.483. The van der Waals surface area contributed by atoms with E-state index in [0.29, 0.717) is 5.75 Å². The van der Waals surface area contributed by atoms with Gasteiger partial charge in [0, 0.05) is 53.3 Å². The highest BCUT2D eigenvalue weighted by Gasteiger charge is 2.29. The van der Waals surface area contributed by atoms with Gasteiger partial charge in [0.15, 0.2) is 0 Å². The first-order valence-electron chi connectivity index (χ1n) is 22.2. The summed E-state index contributed by atoms with van der Waals surface area (Å²) in [5, 5.41) is 3.91. The van der Waals surface area contributed by atoms with E-state index < -0.39 is 0 Å². The number of para-hydroxylation sites is 3. The molecular formula is C60H54N4O. The van der Waals surface area contributed by atoms with Crippen LogP contribution in [0.3, 0.4) is 0 Å². The van der Waals surface area contributed by atoms with Gasteiger partial charge < -0.3 is 15.0 Å². The number of benzene rings is 8. The highest BCUT2D eigenvalue weighted by molar-refractivity contribution is 5.83. The summed E-state index contributed by atoms with van der Waals surface area (Å²) in [6.45, 7) is 9.27. The lowest BCUT2D eigenvalue weighted by Crippen LogP contribution is -2.23. The largest absolute Gasteiger partial charge is 0.457 e. The zero-order chi connectivity index (χ0) is 44.8. The molecule has 65 heavy (non-hydrogen) atoms. The van der Waals surface area contributed by atoms with Crippen LogP contribution in [0.5, 0.6) is 11.5 Å². The molecule has 1 aromatic heterocycles. The molecule has 8 aromatic carbocycles. The van der Waals surface area contributed by atoms with Crippen molar-refractivity contribution in [1.82, 2.24) is 4.98 Å². The van der Waals surface area contributed by atoms with Crippen molar-refractivity contribution in [1.29, 1.82) is 0 Å². The van der Waals surface area contributed by atoms with E-state index in [1.54, 1.807) is 0 Å². The smallest absolute Gasteiger partial charge is 0.137 e. The number of anilines is 7. The first-order valence-corrected chi connectivity index (χ1v) is 22.2. The van der Waals surface area contributed by atoms with Gasteiger partial charge in [-0.05, 0) is 106 Å². The Morgan fingerprint density at radius 2 is 0.985 bits per heavy atom. The third-order valence-corrected chi connectivity index (χ3v) is 12.5. The highest BCUT2D eigenvalue weighted by atomic mass is 16.5. The maximum absolute atomic E-state index is 6.83. The van der Waals surface area contributed by atoms with E-state index in [9.17, 15) is 0 Å². The molecule has 9 rings (SSSR count). The molecular weight excluding hydrogens is 793 g/mol. The van der Waals surface area contributed by atoms with Crippen LogP contribution in [0.15, 0.2) is 231 Å². The van der Waals surface area contributed by atoms with Gasteiger partial charge in [0.2, 0.25) is 0 Å². The predicted molar refractivity (Wildman–Crippen MR) is 272 cm³/mol. The molecule has 9 aromatic rings. The third-order valence-electron chi connectivity index (χ3n) is 12.5. The first-order chi connectivity index (χ1) is 31.6. The molecule has 0 atom stereocenters. The van der Waals surface area contributed by atoms with Gasteiger partial charge in [0.25, 0.3) is 0 Å². The summed E-state index contributed by atoms with van der Waals surface area (Å²) >= 11 is 0. The van der Waals surface area contributed by atoms with Crippen molar-refractivity contribution in [2.24, 2.45) is 0 Å². The fourth-order valence-electron chi connectivity index (χ4n) is 8.56. The minimum Gasteiger partial charge on any atom is -0.457 e. The number of rotatable bonds is 14. The molecule has 0 aliphatic rings. The Morgan fingerprint density at radius 3 is 1.62 bits per heavy atom. The fraction of sp³-hybridized carbons (Fsp3) is 0.117. The average Bonchev–Trinajstić information content (AvgIpc) is 3.35. The maximum atomic E-state index is 6.83. The fourth-order valence-corrected chi connectivity index (χ4v) is 8.56. The number of nitrogens with one attached hydrogen (secondary N) is 1. The topological polar surface area (TPSA) is 40.6 Å².